The molecule has 1 unspecified atom stereocenters. The minimum atomic E-state index is -0.592. The van der Waals surface area contributed by atoms with Crippen molar-refractivity contribution in [1.29, 1.82) is 0 Å². The molecule has 1 aliphatic heterocycles. The maximum atomic E-state index is 10.6. The molecule has 1 rings (SSSR count). The first-order valence-corrected chi connectivity index (χ1v) is 10.4. The fraction of sp³-hybridized carbons (Fsp3) is 0.833. The molecule has 0 aromatic heterocycles. The molecule has 0 saturated carbocycles. The van der Waals surface area contributed by atoms with E-state index in [2.05, 4.69) is 56.9 Å². The number of nitrogens with two attached hydrogens (primary N) is 3. The third-order valence-corrected chi connectivity index (χ3v) is 5.23. The van der Waals surface area contributed by atoms with Gasteiger partial charge in [0.15, 0.2) is 0 Å². The number of unbranched alkanes of at least 4 members (excludes halogenated alkanes) is 1. The van der Waals surface area contributed by atoms with Gasteiger partial charge in [0, 0.05) is 11.2 Å². The van der Waals surface area contributed by atoms with E-state index in [1.54, 1.807) is 20.1 Å². The molecule has 0 amide bonds. The van der Waals surface area contributed by atoms with Gasteiger partial charge in [0.1, 0.15) is 6.29 Å². The Kier molecular flexibility index (Phi) is 46.5. The molecule has 7 nitrogen and oxygen atoms in total. The number of carbonyl (C=O) groups is 1. The van der Waals surface area contributed by atoms with Crippen LogP contribution in [0.25, 0.3) is 0 Å². The van der Waals surface area contributed by atoms with E-state index in [1.165, 1.54) is 0 Å². The summed E-state index contributed by atoms with van der Waals surface area (Å²) in [6, 6.07) is -0.690. The predicted octanol–water partition coefficient (Wildman–Crippen LogP) is -3.51. The monoisotopic (exact) mass is 538 g/mol. The first-order chi connectivity index (χ1) is 13.5. The Balaban J connectivity index is -0.0000000724. The zero-order chi connectivity index (χ0) is 24.1. The Hall–Kier alpha value is 2.68. The maximum Gasteiger partial charge on any atom is 1.00 e. The van der Waals surface area contributed by atoms with Gasteiger partial charge in [0.2, 0.25) is 0 Å². The third-order valence-electron chi connectivity index (χ3n) is 3.46. The first-order valence-electron chi connectivity index (χ1n) is 9.04. The van der Waals surface area contributed by atoms with Gasteiger partial charge < -0.3 is 25.4 Å². The Labute approximate surface area is 281 Å². The van der Waals surface area contributed by atoms with E-state index >= 15 is 0 Å². The van der Waals surface area contributed by atoms with Crippen LogP contribution in [-0.2, 0) is 14.4 Å². The Morgan fingerprint density at radius 1 is 1.16 bits per heavy atom. The van der Waals surface area contributed by atoms with Crippen LogP contribution in [-0.4, -0.2) is 45.8 Å². The van der Waals surface area contributed by atoms with Crippen molar-refractivity contribution >= 4 is 43.2 Å². The van der Waals surface area contributed by atoms with E-state index in [9.17, 15) is 14.4 Å². The van der Waals surface area contributed by atoms with Crippen molar-refractivity contribution in [3.8, 4) is 0 Å². The molecule has 1 fully saturated rings. The average Bonchev–Trinajstić information content (AvgIpc) is 2.98. The summed E-state index contributed by atoms with van der Waals surface area (Å²) in [6.07, 6.45) is 8.62. The van der Waals surface area contributed by atoms with Crippen molar-refractivity contribution in [2.45, 2.75) is 94.2 Å². The minimum Gasteiger partial charge on any atom is -0.540 e. The molecular weight excluding hydrogens is 501 g/mol. The second-order valence-electron chi connectivity index (χ2n) is 6.92. The van der Waals surface area contributed by atoms with Crippen LogP contribution in [0.1, 0.15) is 67.2 Å². The van der Waals surface area contributed by atoms with E-state index in [0.717, 1.165) is 25.5 Å². The van der Waals surface area contributed by atoms with Crippen LogP contribution in [0.4, 0.5) is 8.96 Å². The molecule has 0 aliphatic carbocycles. The number of nitrogens with one attached hydrogen (secondary N) is 1. The normalized spacial score (nSPS) is 18.6. The Morgan fingerprint density at radius 3 is 1.77 bits per heavy atom. The number of halogens is 2. The van der Waals surface area contributed by atoms with Crippen LogP contribution in [0.15, 0.2) is 0 Å². The SMILES string of the molecule is CC(C)(S)[C@H](N)[C-]=O.CCCC1N[C@H]([C-]=O)C(C)(C)S1.CCCC=O.NF.NF.[K+].[K+]. The fourth-order valence-electron chi connectivity index (χ4n) is 1.70. The predicted molar refractivity (Wildman–Crippen MR) is 121 cm³/mol. The summed E-state index contributed by atoms with van der Waals surface area (Å²) in [4.78, 5) is 29.8. The zero-order valence-electron chi connectivity index (χ0n) is 20.2. The van der Waals surface area contributed by atoms with Crippen LogP contribution >= 0.6 is 24.4 Å². The van der Waals surface area contributed by atoms with Gasteiger partial charge in [-0.3, -0.25) is 0 Å². The summed E-state index contributed by atoms with van der Waals surface area (Å²) in [5.74, 6) is 6.00. The first kappa shape index (κ1) is 46.9. The number of hydrogen-bond acceptors (Lipinski definition) is 9. The van der Waals surface area contributed by atoms with Gasteiger partial charge in [-0.25, -0.2) is 12.6 Å². The van der Waals surface area contributed by atoms with Gasteiger partial charge in [-0.05, 0) is 17.6 Å². The second-order valence-corrected chi connectivity index (χ2v) is 9.93. The van der Waals surface area contributed by atoms with Crippen LogP contribution in [0, 0.1) is 0 Å². The van der Waals surface area contributed by atoms with Crippen LogP contribution in [0.2, 0.25) is 0 Å². The minimum absolute atomic E-state index is 0. The zero-order valence-corrected chi connectivity index (χ0v) is 28.2. The van der Waals surface area contributed by atoms with E-state index in [0.29, 0.717) is 11.8 Å². The summed E-state index contributed by atoms with van der Waals surface area (Å²) >= 11 is 5.89. The number of rotatable bonds is 7. The molecule has 0 spiro atoms. The average molecular weight is 539 g/mol. The molecule has 13 heteroatoms. The van der Waals surface area contributed by atoms with Gasteiger partial charge >= 0.3 is 103 Å². The second kappa shape index (κ2) is 30.7. The van der Waals surface area contributed by atoms with Crippen molar-refractivity contribution in [1.82, 2.24) is 5.32 Å². The Bertz CT molecular complexity index is 412. The summed E-state index contributed by atoms with van der Waals surface area (Å²) in [5, 5.41) is 3.71. The quantitative estimate of drug-likeness (QED) is 0.0739. The molecule has 1 aliphatic rings. The summed E-state index contributed by atoms with van der Waals surface area (Å²) < 4.78 is 17.6. The molecule has 1 saturated heterocycles. The summed E-state index contributed by atoms with van der Waals surface area (Å²) in [7, 11) is 0. The van der Waals surface area contributed by atoms with Crippen molar-refractivity contribution in [2.24, 2.45) is 17.6 Å². The topological polar surface area (TPSA) is 141 Å². The van der Waals surface area contributed by atoms with Gasteiger partial charge in [-0.1, -0.05) is 60.0 Å². The number of carbonyl (C=O) groups excluding carboxylic acids is 3. The number of hydrogen-bond donors (Lipinski definition) is 5. The molecule has 3 atom stereocenters. The Morgan fingerprint density at radius 2 is 1.61 bits per heavy atom. The smallest absolute Gasteiger partial charge is 0.540 e. The molecule has 0 radical (unpaired) electrons. The van der Waals surface area contributed by atoms with Gasteiger partial charge in [0.25, 0.3) is 0 Å². The molecule has 0 aromatic rings. The largest absolute Gasteiger partial charge is 1.00 e. The molecule has 31 heavy (non-hydrogen) atoms. The van der Waals surface area contributed by atoms with Crippen molar-refractivity contribution in [3.05, 3.63) is 0 Å². The van der Waals surface area contributed by atoms with Crippen molar-refractivity contribution in [2.75, 3.05) is 0 Å². The number of thioether (sulfide) groups is 1. The molecule has 7 N–H and O–H groups in total. The fourth-order valence-corrected chi connectivity index (χ4v) is 3.29. The molecule has 0 bridgehead atoms. The molecule has 0 aromatic carbocycles. The van der Waals surface area contributed by atoms with Crippen molar-refractivity contribution in [3.63, 3.8) is 0 Å². The van der Waals surface area contributed by atoms with Crippen LogP contribution < -0.4 is 126 Å². The van der Waals surface area contributed by atoms with Gasteiger partial charge in [0.05, 0.1) is 5.37 Å². The van der Waals surface area contributed by atoms with E-state index < -0.39 is 10.8 Å². The molecule has 1 heterocycles. The van der Waals surface area contributed by atoms with E-state index in [1.807, 2.05) is 18.7 Å². The van der Waals surface area contributed by atoms with Crippen LogP contribution in [0.3, 0.4) is 0 Å². The van der Waals surface area contributed by atoms with Crippen molar-refractivity contribution < 1.29 is 126 Å². The van der Waals surface area contributed by atoms with Crippen LogP contribution in [0.5, 0.6) is 0 Å². The van der Waals surface area contributed by atoms with E-state index in [4.69, 9.17) is 14.7 Å². The third kappa shape index (κ3) is 28.8. The summed E-state index contributed by atoms with van der Waals surface area (Å²) in [6.45, 7) is 11.9. The number of aldehydes is 1. The standard InChI is InChI=1S/C9H16NOS.C5H10NOS.C4H8O.2FH2N.2K/c1-4-5-8-10-7(6-11)9(2,3)12-8;1-5(2,8)4(6)3-7;1-2-3-4-5;2*1-2;;/h7-8,10H,4-5H2,1-3H3;4,8H,6H2,1-2H3;4H,2-3H2,1H3;2*2H2;;/q2*-1;;;;2*+1/t7-,8?;4-;;;;;/m11...../s1. The molecular formula is C18H38F2K2N4O3S2. The van der Waals surface area contributed by atoms with Gasteiger partial charge in [-0.2, -0.15) is 24.5 Å². The number of thiol groups is 1. The van der Waals surface area contributed by atoms with Gasteiger partial charge in [-0.15, -0.1) is 20.7 Å². The van der Waals surface area contributed by atoms with E-state index in [-0.39, 0.29) is 114 Å². The molecule has 176 valence electrons. The summed E-state index contributed by atoms with van der Waals surface area (Å²) in [5.41, 5.74) is 5.25. The maximum absolute atomic E-state index is 10.6.